The summed E-state index contributed by atoms with van der Waals surface area (Å²) in [7, 11) is 0. The number of piperidine rings is 1. The molecule has 1 aromatic rings. The second-order valence-electron chi connectivity index (χ2n) is 6.53. The number of carbonyl (C=O) groups excluding carboxylic acids is 2. The maximum absolute atomic E-state index is 12.4. The number of hydrogen-bond donors (Lipinski definition) is 0. The highest BCUT2D eigenvalue weighted by Gasteiger charge is 2.31. The molecule has 2 aliphatic heterocycles. The minimum absolute atomic E-state index is 0.0523. The van der Waals surface area contributed by atoms with Gasteiger partial charge >= 0.3 is 12.0 Å². The number of amides is 2. The molecule has 0 aliphatic carbocycles. The van der Waals surface area contributed by atoms with Crippen molar-refractivity contribution in [3.05, 3.63) is 33.3 Å². The number of nitro groups is 1. The number of ether oxygens (including phenoxy) is 1. The van der Waals surface area contributed by atoms with E-state index in [0.717, 1.165) is 25.9 Å². The molecule has 1 aromatic carbocycles. The van der Waals surface area contributed by atoms with Crippen molar-refractivity contribution >= 4 is 29.3 Å². The second kappa shape index (κ2) is 7.90. The molecule has 0 spiro atoms. The van der Waals surface area contributed by atoms with Crippen LogP contribution in [0.25, 0.3) is 0 Å². The first-order valence-electron chi connectivity index (χ1n) is 8.65. The van der Waals surface area contributed by atoms with Crippen molar-refractivity contribution in [2.45, 2.75) is 25.7 Å². The summed E-state index contributed by atoms with van der Waals surface area (Å²) >= 11 is 5.83. The zero-order valence-electron chi connectivity index (χ0n) is 14.2. The van der Waals surface area contributed by atoms with E-state index in [0.29, 0.717) is 25.9 Å². The number of nitro benzene ring substituents is 1. The van der Waals surface area contributed by atoms with Gasteiger partial charge in [-0.05, 0) is 31.7 Å². The van der Waals surface area contributed by atoms with E-state index in [1.165, 1.54) is 18.2 Å². The van der Waals surface area contributed by atoms with Crippen LogP contribution in [0.4, 0.5) is 10.5 Å². The summed E-state index contributed by atoms with van der Waals surface area (Å²) in [6.07, 6.45) is 3.18. The molecule has 2 fully saturated rings. The normalized spacial score (nSPS) is 18.0. The van der Waals surface area contributed by atoms with E-state index in [1.54, 1.807) is 4.90 Å². The van der Waals surface area contributed by atoms with Crippen LogP contribution in [-0.4, -0.2) is 52.9 Å². The molecule has 9 heteroatoms. The van der Waals surface area contributed by atoms with Gasteiger partial charge in [-0.3, -0.25) is 14.9 Å². The van der Waals surface area contributed by atoms with Gasteiger partial charge in [-0.25, -0.2) is 4.79 Å². The summed E-state index contributed by atoms with van der Waals surface area (Å²) in [6.45, 7) is 2.66. The summed E-state index contributed by atoms with van der Waals surface area (Å²) < 4.78 is 5.31. The van der Waals surface area contributed by atoms with Crippen molar-refractivity contribution in [1.82, 2.24) is 9.80 Å². The maximum atomic E-state index is 12.4. The summed E-state index contributed by atoms with van der Waals surface area (Å²) in [5.74, 6) is -0.518. The van der Waals surface area contributed by atoms with Crippen LogP contribution in [0.1, 0.15) is 25.7 Å². The van der Waals surface area contributed by atoms with Crippen LogP contribution in [0.2, 0.25) is 5.02 Å². The zero-order chi connectivity index (χ0) is 18.7. The molecule has 0 radical (unpaired) electrons. The van der Waals surface area contributed by atoms with Crippen molar-refractivity contribution in [2.24, 2.45) is 5.92 Å². The number of hydrogen-bond acceptors (Lipinski definition) is 5. The average Bonchev–Trinajstić information content (AvgIpc) is 3.15. The Morgan fingerprint density at radius 2 is 1.73 bits per heavy atom. The molecule has 2 amide bonds. The summed E-state index contributed by atoms with van der Waals surface area (Å²) in [6, 6.07) is 3.89. The summed E-state index contributed by atoms with van der Waals surface area (Å²) in [5, 5.41) is 10.7. The number of halogens is 1. The molecule has 8 nitrogen and oxygen atoms in total. The molecule has 0 saturated carbocycles. The Morgan fingerprint density at radius 1 is 1.12 bits per heavy atom. The third-order valence-corrected chi connectivity index (χ3v) is 5.11. The lowest BCUT2D eigenvalue weighted by atomic mass is 9.97. The van der Waals surface area contributed by atoms with Gasteiger partial charge in [-0.1, -0.05) is 11.6 Å². The number of urea groups is 1. The fourth-order valence-corrected chi connectivity index (χ4v) is 3.55. The first-order valence-corrected chi connectivity index (χ1v) is 9.03. The SMILES string of the molecule is O=C(Oc1ccc([N+](=O)[O-])c(Cl)c1)C1CCN(C(=O)N2CCCC2)CC1. The molecular weight excluding hydrogens is 362 g/mol. The topological polar surface area (TPSA) is 93.0 Å². The quantitative estimate of drug-likeness (QED) is 0.347. The van der Waals surface area contributed by atoms with Crippen LogP contribution in [0.3, 0.4) is 0 Å². The van der Waals surface area contributed by atoms with E-state index in [2.05, 4.69) is 0 Å². The number of nitrogens with zero attached hydrogens (tertiary/aromatic N) is 3. The number of rotatable bonds is 3. The van der Waals surface area contributed by atoms with E-state index >= 15 is 0 Å². The smallest absolute Gasteiger partial charge is 0.319 e. The summed E-state index contributed by atoms with van der Waals surface area (Å²) in [5.41, 5.74) is -0.236. The monoisotopic (exact) mass is 381 g/mol. The molecule has 26 heavy (non-hydrogen) atoms. The van der Waals surface area contributed by atoms with Crippen LogP contribution in [0.15, 0.2) is 18.2 Å². The summed E-state index contributed by atoms with van der Waals surface area (Å²) in [4.78, 5) is 38.5. The third kappa shape index (κ3) is 4.07. The Hall–Kier alpha value is -2.35. The van der Waals surface area contributed by atoms with E-state index in [1.807, 2.05) is 4.90 Å². The molecule has 140 valence electrons. The molecule has 0 aromatic heterocycles. The first kappa shape index (κ1) is 18.4. The van der Waals surface area contributed by atoms with Crippen molar-refractivity contribution in [3.8, 4) is 5.75 Å². The minimum atomic E-state index is -0.596. The van der Waals surface area contributed by atoms with E-state index in [-0.39, 0.29) is 28.4 Å². The molecule has 3 rings (SSSR count). The highest BCUT2D eigenvalue weighted by Crippen LogP contribution is 2.29. The molecule has 2 saturated heterocycles. The van der Waals surface area contributed by atoms with Gasteiger partial charge < -0.3 is 14.5 Å². The molecular formula is C17H20ClN3O5. The van der Waals surface area contributed by atoms with Crippen LogP contribution < -0.4 is 4.74 Å². The van der Waals surface area contributed by atoms with E-state index < -0.39 is 10.9 Å². The van der Waals surface area contributed by atoms with Crippen molar-refractivity contribution in [3.63, 3.8) is 0 Å². The lowest BCUT2D eigenvalue weighted by molar-refractivity contribution is -0.384. The predicted molar refractivity (Wildman–Crippen MR) is 94.2 cm³/mol. The fraction of sp³-hybridized carbons (Fsp3) is 0.529. The predicted octanol–water partition coefficient (Wildman–Crippen LogP) is 3.08. The molecule has 0 N–H and O–H groups in total. The molecule has 0 bridgehead atoms. The Labute approximate surface area is 155 Å². The zero-order valence-corrected chi connectivity index (χ0v) is 15.0. The van der Waals surface area contributed by atoms with Gasteiger partial charge in [0, 0.05) is 38.3 Å². The number of benzene rings is 1. The van der Waals surface area contributed by atoms with Gasteiger partial charge in [0.05, 0.1) is 10.8 Å². The Bertz CT molecular complexity index is 712. The van der Waals surface area contributed by atoms with Gasteiger partial charge in [0.15, 0.2) is 0 Å². The molecule has 2 heterocycles. The third-order valence-electron chi connectivity index (χ3n) is 4.81. The molecule has 0 atom stereocenters. The minimum Gasteiger partial charge on any atom is -0.426 e. The molecule has 0 unspecified atom stereocenters. The largest absolute Gasteiger partial charge is 0.426 e. The van der Waals surface area contributed by atoms with E-state index in [4.69, 9.17) is 16.3 Å². The standard InChI is InChI=1S/C17H20ClN3O5/c18-14-11-13(3-4-15(14)21(24)25)26-16(22)12-5-9-20(10-6-12)17(23)19-7-1-2-8-19/h3-4,11-12H,1-2,5-10H2. The average molecular weight is 382 g/mol. The van der Waals surface area contributed by atoms with Crippen molar-refractivity contribution in [1.29, 1.82) is 0 Å². The van der Waals surface area contributed by atoms with E-state index in [9.17, 15) is 19.7 Å². The highest BCUT2D eigenvalue weighted by atomic mass is 35.5. The van der Waals surface area contributed by atoms with Crippen molar-refractivity contribution in [2.75, 3.05) is 26.2 Å². The van der Waals surface area contributed by atoms with Gasteiger partial charge in [0.25, 0.3) is 5.69 Å². The van der Waals surface area contributed by atoms with Gasteiger partial charge in [-0.2, -0.15) is 0 Å². The van der Waals surface area contributed by atoms with Crippen LogP contribution in [0, 0.1) is 16.0 Å². The Morgan fingerprint density at radius 3 is 2.31 bits per heavy atom. The van der Waals surface area contributed by atoms with Crippen LogP contribution >= 0.6 is 11.6 Å². The number of carbonyl (C=O) groups is 2. The lowest BCUT2D eigenvalue weighted by Gasteiger charge is -2.33. The molecule has 2 aliphatic rings. The second-order valence-corrected chi connectivity index (χ2v) is 6.94. The highest BCUT2D eigenvalue weighted by molar-refractivity contribution is 6.32. The number of likely N-dealkylation sites (tertiary alicyclic amines) is 2. The van der Waals surface area contributed by atoms with Crippen molar-refractivity contribution < 1.29 is 19.2 Å². The number of esters is 1. The fourth-order valence-electron chi connectivity index (χ4n) is 3.31. The van der Waals surface area contributed by atoms with Crippen LogP contribution in [-0.2, 0) is 4.79 Å². The van der Waals surface area contributed by atoms with Gasteiger partial charge in [-0.15, -0.1) is 0 Å². The first-order chi connectivity index (χ1) is 12.5. The van der Waals surface area contributed by atoms with Crippen LogP contribution in [0.5, 0.6) is 5.75 Å². The van der Waals surface area contributed by atoms with Gasteiger partial charge in [0.1, 0.15) is 10.8 Å². The Kier molecular flexibility index (Phi) is 5.61. The Balaban J connectivity index is 1.53. The lowest BCUT2D eigenvalue weighted by Crippen LogP contribution is -2.46. The van der Waals surface area contributed by atoms with Gasteiger partial charge in [0.2, 0.25) is 0 Å². The maximum Gasteiger partial charge on any atom is 0.319 e.